The van der Waals surface area contributed by atoms with E-state index in [9.17, 15) is 29.4 Å². The van der Waals surface area contributed by atoms with Gasteiger partial charge in [-0.15, -0.1) is 0 Å². The molecule has 0 saturated carbocycles. The molecule has 0 aliphatic carbocycles. The highest BCUT2D eigenvalue weighted by molar-refractivity contribution is 5.96. The first kappa shape index (κ1) is 35.7. The lowest BCUT2D eigenvalue weighted by Gasteiger charge is -2.35. The number of anilines is 1. The van der Waals surface area contributed by atoms with E-state index in [2.05, 4.69) is 4.90 Å². The zero-order valence-electron chi connectivity index (χ0n) is 24.2. The molecular formula is C29H39N5O8. The van der Waals surface area contributed by atoms with Gasteiger partial charge in [-0.3, -0.25) is 38.9 Å². The van der Waals surface area contributed by atoms with Crippen LogP contribution in [0.5, 0.6) is 0 Å². The Balaban J connectivity index is 0.000000761. The number of aliphatic carboxylic acids is 2. The van der Waals surface area contributed by atoms with Crippen LogP contribution < -0.4 is 5.73 Å². The maximum absolute atomic E-state index is 11.7. The Labute approximate surface area is 244 Å². The number of pyridine rings is 1. The highest BCUT2D eigenvalue weighted by atomic mass is 16.4. The van der Waals surface area contributed by atoms with E-state index in [1.54, 1.807) is 0 Å². The third-order valence-electron chi connectivity index (χ3n) is 6.09. The fourth-order valence-electron chi connectivity index (χ4n) is 4.38. The number of nitrogen functional groups attached to an aromatic ring is 1. The van der Waals surface area contributed by atoms with Crippen molar-refractivity contribution < 1.29 is 39.0 Å². The van der Waals surface area contributed by atoms with Crippen LogP contribution in [0.1, 0.15) is 37.2 Å². The second-order valence-corrected chi connectivity index (χ2v) is 10.0. The van der Waals surface area contributed by atoms with Crippen LogP contribution in [0.15, 0.2) is 42.5 Å². The van der Waals surface area contributed by atoms with Crippen molar-refractivity contribution in [1.29, 1.82) is 0 Å². The molecule has 0 saturated heterocycles. The molecule has 0 spiro atoms. The van der Waals surface area contributed by atoms with E-state index < -0.39 is 11.9 Å². The minimum Gasteiger partial charge on any atom is -0.480 e. The Morgan fingerprint density at radius 1 is 0.905 bits per heavy atom. The normalized spacial score (nSPS) is 16.1. The maximum atomic E-state index is 11.7. The highest BCUT2D eigenvalue weighted by Gasteiger charge is 2.26. The quantitative estimate of drug-likeness (QED) is 0.293. The number of carbonyl (C=O) groups excluding carboxylic acids is 4. The van der Waals surface area contributed by atoms with Crippen molar-refractivity contribution in [2.75, 3.05) is 45.5 Å². The van der Waals surface area contributed by atoms with Crippen molar-refractivity contribution in [1.82, 2.24) is 19.7 Å². The monoisotopic (exact) mass is 585 g/mol. The number of Topliss-reactive ketones (excluding diaryl/α,β-unsaturated/α-hetero) is 2. The Morgan fingerprint density at radius 3 is 1.95 bits per heavy atom. The van der Waals surface area contributed by atoms with E-state index in [-0.39, 0.29) is 43.3 Å². The van der Waals surface area contributed by atoms with Crippen LogP contribution in [0, 0.1) is 0 Å². The molecule has 2 bridgehead atoms. The number of hydrogen-bond donors (Lipinski definition) is 3. The Hall–Kier alpha value is -4.29. The molecule has 228 valence electrons. The number of benzene rings is 1. The molecule has 3 rings (SSSR count). The molecule has 1 atom stereocenters. The minimum atomic E-state index is -0.930. The van der Waals surface area contributed by atoms with Gasteiger partial charge in [0.25, 0.3) is 0 Å². The Bertz CT molecular complexity index is 1200. The molecule has 4 N–H and O–H groups in total. The molecule has 2 heterocycles. The maximum Gasteiger partial charge on any atom is 0.373 e. The molecule has 1 aromatic carbocycles. The number of nitrogens with zero attached hydrogens (tertiary/aromatic N) is 4. The van der Waals surface area contributed by atoms with Crippen molar-refractivity contribution in [2.45, 2.75) is 45.8 Å². The summed E-state index contributed by atoms with van der Waals surface area (Å²) in [6.07, 6.45) is 0.902. The fourth-order valence-corrected chi connectivity index (χ4v) is 4.38. The summed E-state index contributed by atoms with van der Waals surface area (Å²) in [7, 11) is 1.99. The second kappa shape index (κ2) is 18.9. The summed E-state index contributed by atoms with van der Waals surface area (Å²) >= 11 is 0. The first-order valence-corrected chi connectivity index (χ1v) is 13.2. The third-order valence-corrected chi connectivity index (χ3v) is 6.09. The van der Waals surface area contributed by atoms with E-state index in [4.69, 9.17) is 20.3 Å². The molecule has 0 unspecified atom stereocenters. The third kappa shape index (κ3) is 15.5. The van der Waals surface area contributed by atoms with Gasteiger partial charge in [0, 0.05) is 44.5 Å². The van der Waals surface area contributed by atoms with Crippen molar-refractivity contribution in [2.24, 2.45) is 0 Å². The smallest absolute Gasteiger partial charge is 0.373 e. The molecule has 42 heavy (non-hydrogen) atoms. The SMILES string of the molecule is CC(=O)CC(C)=O.CN1CCN(CC(=O)O)C[C@H](Cc2ccc(N)cc2)N(CC(=O)O)Cc2cccc(n2)C1.O=C=O. The molecule has 1 aliphatic heterocycles. The topological polar surface area (TPSA) is 192 Å². The fraction of sp³-hybridized carbons (Fsp3) is 0.448. The number of carboxylic acid groups (broad SMARTS) is 2. The Kier molecular flexibility index (Phi) is 16.1. The number of fused-ring (bicyclic) bond motifs is 2. The molecular weight excluding hydrogens is 546 g/mol. The summed E-state index contributed by atoms with van der Waals surface area (Å²) < 4.78 is 0. The van der Waals surface area contributed by atoms with Crippen molar-refractivity contribution in [3.05, 3.63) is 59.4 Å². The van der Waals surface area contributed by atoms with Gasteiger partial charge in [-0.2, -0.15) is 9.59 Å². The van der Waals surface area contributed by atoms with Crippen molar-refractivity contribution in [3.63, 3.8) is 0 Å². The number of carboxylic acids is 2. The van der Waals surface area contributed by atoms with Crippen LogP contribution in [-0.4, -0.2) is 105 Å². The lowest BCUT2D eigenvalue weighted by molar-refractivity contribution is -0.191. The van der Waals surface area contributed by atoms with E-state index in [0.29, 0.717) is 44.8 Å². The van der Waals surface area contributed by atoms with E-state index in [1.807, 2.05) is 59.3 Å². The molecule has 13 nitrogen and oxygen atoms in total. The van der Waals surface area contributed by atoms with Gasteiger partial charge in [-0.1, -0.05) is 18.2 Å². The van der Waals surface area contributed by atoms with Crippen molar-refractivity contribution in [3.8, 4) is 0 Å². The predicted octanol–water partition coefficient (Wildman–Crippen LogP) is 0.965. The minimum absolute atomic E-state index is 0.0625. The first-order valence-electron chi connectivity index (χ1n) is 13.2. The molecule has 1 aliphatic rings. The van der Waals surface area contributed by atoms with Gasteiger partial charge in [-0.25, -0.2) is 0 Å². The average molecular weight is 586 g/mol. The van der Waals surface area contributed by atoms with Gasteiger partial charge >= 0.3 is 18.1 Å². The second-order valence-electron chi connectivity index (χ2n) is 10.0. The van der Waals surface area contributed by atoms with Crippen LogP contribution >= 0.6 is 0 Å². The Morgan fingerprint density at radius 2 is 1.45 bits per heavy atom. The first-order chi connectivity index (χ1) is 19.8. The largest absolute Gasteiger partial charge is 0.480 e. The number of carbonyl (C=O) groups is 4. The number of ketones is 2. The predicted molar refractivity (Wildman–Crippen MR) is 152 cm³/mol. The van der Waals surface area contributed by atoms with E-state index >= 15 is 0 Å². The van der Waals surface area contributed by atoms with Gasteiger partial charge in [0.05, 0.1) is 30.9 Å². The molecule has 0 amide bonds. The molecule has 0 radical (unpaired) electrons. The van der Waals surface area contributed by atoms with Gasteiger partial charge in [0.1, 0.15) is 11.6 Å². The van der Waals surface area contributed by atoms with Gasteiger partial charge in [0.2, 0.25) is 0 Å². The highest BCUT2D eigenvalue weighted by Crippen LogP contribution is 2.17. The summed E-state index contributed by atoms with van der Waals surface area (Å²) in [5.41, 5.74) is 9.19. The number of aromatic nitrogens is 1. The summed E-state index contributed by atoms with van der Waals surface area (Å²) in [6, 6.07) is 13.1. The van der Waals surface area contributed by atoms with Crippen LogP contribution in [0.3, 0.4) is 0 Å². The van der Waals surface area contributed by atoms with Crippen LogP contribution in [0.2, 0.25) is 0 Å². The zero-order valence-corrected chi connectivity index (χ0v) is 24.2. The molecule has 2 aromatic rings. The number of hydrogen-bond acceptors (Lipinski definition) is 11. The van der Waals surface area contributed by atoms with Crippen molar-refractivity contribution >= 4 is 35.3 Å². The zero-order chi connectivity index (χ0) is 31.7. The van der Waals surface area contributed by atoms with E-state index in [1.165, 1.54) is 13.8 Å². The lowest BCUT2D eigenvalue weighted by Crippen LogP contribution is -2.49. The van der Waals surface area contributed by atoms with Gasteiger partial charge in [-0.05, 0) is 57.1 Å². The molecule has 1 aromatic heterocycles. The van der Waals surface area contributed by atoms with Crippen LogP contribution in [-0.2, 0) is 48.3 Å². The molecule has 0 fully saturated rings. The summed E-state index contributed by atoms with van der Waals surface area (Å²) in [5, 5.41) is 19.1. The number of likely N-dealkylation sites (N-methyl/N-ethyl adjacent to an activating group) is 1. The standard InChI is InChI=1S/C23H31N5O4.C5H8O2.CO2/c1-26-9-10-27(15-22(29)30)14-21(11-17-5-7-18(24)8-6-17)28(16-23(31)32)13-20-4-2-3-19(12-26)25-20;1-4(6)3-5(2)7;2-1-3/h2-8,21H,9-16,24H2,1H3,(H,29,30)(H,31,32);3H2,1-2H3;/t21-;;/m0../s1. The number of rotatable bonds is 8. The summed E-state index contributed by atoms with van der Waals surface area (Å²) in [6.45, 7) is 5.21. The lowest BCUT2D eigenvalue weighted by atomic mass is 10.0. The average Bonchev–Trinajstić information content (AvgIpc) is 2.87. The van der Waals surface area contributed by atoms with Crippen LogP contribution in [0.4, 0.5) is 5.69 Å². The summed E-state index contributed by atoms with van der Waals surface area (Å²) in [4.78, 5) is 70.2. The van der Waals surface area contributed by atoms with Gasteiger partial charge in [0.15, 0.2) is 0 Å². The van der Waals surface area contributed by atoms with Crippen LogP contribution in [0.25, 0.3) is 0 Å². The molecule has 13 heteroatoms. The van der Waals surface area contributed by atoms with E-state index in [0.717, 1.165) is 17.0 Å². The summed E-state index contributed by atoms with van der Waals surface area (Å²) in [5.74, 6) is -1.96. The van der Waals surface area contributed by atoms with Gasteiger partial charge < -0.3 is 15.9 Å². The number of nitrogens with two attached hydrogens (primary N) is 1.